The Labute approximate surface area is 219 Å². The Kier molecular flexibility index (Phi) is 5.66. The highest BCUT2D eigenvalue weighted by atomic mass is 35.5. The SMILES string of the molecule is O=C1OC2(CCNCC2)c2ccc(F)c(C(=O)c3cn(C(=O)c4cccc(F)c4F)c4cc(Cl)ccc34)c21. The molecule has 0 unspecified atom stereocenters. The number of ether oxygens (including phenoxy) is 1. The fraction of sp³-hybridized carbons (Fsp3) is 0.179. The first kappa shape index (κ1) is 24.4. The Morgan fingerprint density at radius 2 is 1.74 bits per heavy atom. The topological polar surface area (TPSA) is 77.4 Å². The van der Waals surface area contributed by atoms with Gasteiger partial charge in [0, 0.05) is 40.6 Å². The van der Waals surface area contributed by atoms with Gasteiger partial charge in [0.05, 0.1) is 22.2 Å². The third-order valence-electron chi connectivity index (χ3n) is 7.19. The minimum Gasteiger partial charge on any atom is -0.450 e. The Balaban J connectivity index is 1.53. The number of aromatic nitrogens is 1. The van der Waals surface area contributed by atoms with Gasteiger partial charge in [0.25, 0.3) is 5.91 Å². The molecule has 2 aliphatic rings. The van der Waals surface area contributed by atoms with Crippen LogP contribution in [0.1, 0.15) is 55.0 Å². The number of carbonyl (C=O) groups is 3. The Morgan fingerprint density at radius 3 is 2.50 bits per heavy atom. The van der Waals surface area contributed by atoms with E-state index in [1.54, 1.807) is 0 Å². The van der Waals surface area contributed by atoms with Crippen LogP contribution in [0.25, 0.3) is 10.9 Å². The molecular weight excluding hydrogens is 521 g/mol. The maximum atomic E-state index is 15.3. The van der Waals surface area contributed by atoms with E-state index in [0.717, 1.165) is 29.0 Å². The number of ketones is 1. The van der Waals surface area contributed by atoms with Crippen molar-refractivity contribution in [3.8, 4) is 0 Å². The Hall–Kier alpha value is -3.95. The first-order chi connectivity index (χ1) is 18.2. The van der Waals surface area contributed by atoms with E-state index in [9.17, 15) is 23.2 Å². The second-order valence-electron chi connectivity index (χ2n) is 9.29. The van der Waals surface area contributed by atoms with Crippen LogP contribution in [-0.2, 0) is 10.3 Å². The van der Waals surface area contributed by atoms with Crippen molar-refractivity contribution in [2.45, 2.75) is 18.4 Å². The van der Waals surface area contributed by atoms with Crippen LogP contribution in [0.2, 0.25) is 5.02 Å². The van der Waals surface area contributed by atoms with Crippen molar-refractivity contribution in [3.05, 3.63) is 105 Å². The summed E-state index contributed by atoms with van der Waals surface area (Å²) < 4.78 is 50.3. The highest BCUT2D eigenvalue weighted by molar-refractivity contribution is 6.32. The van der Waals surface area contributed by atoms with Crippen molar-refractivity contribution < 1.29 is 32.3 Å². The molecule has 1 aromatic heterocycles. The molecule has 4 aromatic rings. The molecule has 0 radical (unpaired) electrons. The maximum absolute atomic E-state index is 15.3. The van der Waals surface area contributed by atoms with E-state index >= 15 is 4.39 Å². The van der Waals surface area contributed by atoms with Gasteiger partial charge >= 0.3 is 5.97 Å². The number of hydrogen-bond donors (Lipinski definition) is 1. The molecule has 1 fully saturated rings. The summed E-state index contributed by atoms with van der Waals surface area (Å²) in [7, 11) is 0. The van der Waals surface area contributed by atoms with Gasteiger partial charge in [0.2, 0.25) is 0 Å². The van der Waals surface area contributed by atoms with Crippen molar-refractivity contribution >= 4 is 40.2 Å². The summed E-state index contributed by atoms with van der Waals surface area (Å²) in [5, 5.41) is 3.61. The molecule has 3 aromatic carbocycles. The maximum Gasteiger partial charge on any atom is 0.340 e. The third kappa shape index (κ3) is 3.57. The van der Waals surface area contributed by atoms with Gasteiger partial charge in [-0.1, -0.05) is 29.8 Å². The molecule has 1 spiro atoms. The van der Waals surface area contributed by atoms with Gasteiger partial charge in [-0.25, -0.2) is 18.0 Å². The molecule has 192 valence electrons. The zero-order chi connectivity index (χ0) is 26.8. The number of carbonyl (C=O) groups excluding carboxylic acids is 3. The standard InChI is InChI=1S/C28H18ClF3N2O4/c29-14-4-5-15-17(13-34(21(15)12-14)26(36)16-2-1-3-20(31)24(16)32)25(35)23-19(30)7-6-18-22(23)27(37)38-28(18)8-10-33-11-9-28/h1-7,12-13,33H,8-11H2. The monoisotopic (exact) mass is 538 g/mol. The molecule has 1 saturated heterocycles. The van der Waals surface area contributed by atoms with Gasteiger partial charge < -0.3 is 10.1 Å². The number of benzene rings is 3. The smallest absolute Gasteiger partial charge is 0.340 e. The summed E-state index contributed by atoms with van der Waals surface area (Å²) in [4.78, 5) is 40.2. The molecule has 0 aliphatic carbocycles. The van der Waals surface area contributed by atoms with Crippen molar-refractivity contribution in [3.63, 3.8) is 0 Å². The molecule has 6 nitrogen and oxygen atoms in total. The average Bonchev–Trinajstić information content (AvgIpc) is 3.40. The first-order valence-electron chi connectivity index (χ1n) is 11.8. The molecular formula is C28H18ClF3N2O4. The predicted octanol–water partition coefficient (Wildman–Crippen LogP) is 5.38. The first-order valence-corrected chi connectivity index (χ1v) is 12.2. The third-order valence-corrected chi connectivity index (χ3v) is 7.42. The zero-order valence-electron chi connectivity index (χ0n) is 19.6. The van der Waals surface area contributed by atoms with Crippen LogP contribution >= 0.6 is 11.6 Å². The van der Waals surface area contributed by atoms with Crippen LogP contribution in [-0.4, -0.2) is 35.3 Å². The van der Waals surface area contributed by atoms with Gasteiger partial charge in [-0.2, -0.15) is 0 Å². The van der Waals surface area contributed by atoms with E-state index in [4.69, 9.17) is 16.3 Å². The van der Waals surface area contributed by atoms with E-state index in [0.29, 0.717) is 31.5 Å². The van der Waals surface area contributed by atoms with Crippen LogP contribution in [0, 0.1) is 17.5 Å². The largest absolute Gasteiger partial charge is 0.450 e. The lowest BCUT2D eigenvalue weighted by atomic mass is 9.82. The quantitative estimate of drug-likeness (QED) is 0.280. The number of rotatable bonds is 3. The van der Waals surface area contributed by atoms with Gasteiger partial charge in [-0.3, -0.25) is 14.2 Å². The van der Waals surface area contributed by atoms with Crippen molar-refractivity contribution in [2.75, 3.05) is 13.1 Å². The zero-order valence-corrected chi connectivity index (χ0v) is 20.4. The number of esters is 1. The van der Waals surface area contributed by atoms with E-state index < -0.39 is 51.8 Å². The summed E-state index contributed by atoms with van der Waals surface area (Å²) in [6, 6.07) is 10.1. The molecule has 1 N–H and O–H groups in total. The molecule has 0 bridgehead atoms. The van der Waals surface area contributed by atoms with E-state index in [-0.39, 0.29) is 27.1 Å². The fourth-order valence-electron chi connectivity index (χ4n) is 5.36. The lowest BCUT2D eigenvalue weighted by molar-refractivity contribution is -0.0242. The molecule has 38 heavy (non-hydrogen) atoms. The number of piperidine rings is 1. The van der Waals surface area contributed by atoms with Gasteiger partial charge in [-0.15, -0.1) is 0 Å². The molecule has 0 amide bonds. The van der Waals surface area contributed by atoms with Crippen LogP contribution in [0.4, 0.5) is 13.2 Å². The van der Waals surface area contributed by atoms with Crippen molar-refractivity contribution in [1.82, 2.24) is 9.88 Å². The normalized spacial score (nSPS) is 16.1. The van der Waals surface area contributed by atoms with Gasteiger partial charge in [0.15, 0.2) is 17.4 Å². The van der Waals surface area contributed by atoms with Crippen molar-refractivity contribution in [2.24, 2.45) is 0 Å². The van der Waals surface area contributed by atoms with Crippen LogP contribution in [0.15, 0.2) is 54.7 Å². The summed E-state index contributed by atoms with van der Waals surface area (Å²) >= 11 is 6.14. The molecule has 6 rings (SSSR count). The molecule has 0 atom stereocenters. The minimum atomic E-state index is -1.35. The highest BCUT2D eigenvalue weighted by Crippen LogP contribution is 2.45. The lowest BCUT2D eigenvalue weighted by Gasteiger charge is -2.33. The predicted molar refractivity (Wildman–Crippen MR) is 132 cm³/mol. The number of fused-ring (bicyclic) bond motifs is 3. The van der Waals surface area contributed by atoms with Crippen LogP contribution < -0.4 is 5.32 Å². The van der Waals surface area contributed by atoms with Gasteiger partial charge in [0.1, 0.15) is 11.4 Å². The van der Waals surface area contributed by atoms with E-state index in [2.05, 4.69) is 5.32 Å². The Bertz CT molecular complexity index is 1690. The van der Waals surface area contributed by atoms with Crippen molar-refractivity contribution in [1.29, 1.82) is 0 Å². The van der Waals surface area contributed by atoms with E-state index in [1.165, 1.54) is 30.3 Å². The minimum absolute atomic E-state index is 0.117. The van der Waals surface area contributed by atoms with E-state index in [1.807, 2.05) is 0 Å². The summed E-state index contributed by atoms with van der Waals surface area (Å²) in [6.07, 6.45) is 2.06. The van der Waals surface area contributed by atoms with Gasteiger partial charge in [-0.05, 0) is 43.4 Å². The summed E-state index contributed by atoms with van der Waals surface area (Å²) in [5.41, 5.74) is -1.68. The average molecular weight is 539 g/mol. The highest BCUT2D eigenvalue weighted by Gasteiger charge is 2.48. The van der Waals surface area contributed by atoms with Crippen LogP contribution in [0.5, 0.6) is 0 Å². The fourth-order valence-corrected chi connectivity index (χ4v) is 5.53. The molecule has 2 aliphatic heterocycles. The number of nitrogens with zero attached hydrogens (tertiary/aromatic N) is 1. The molecule has 3 heterocycles. The number of halogens is 4. The second-order valence-corrected chi connectivity index (χ2v) is 9.73. The van der Waals surface area contributed by atoms with Crippen LogP contribution in [0.3, 0.4) is 0 Å². The summed E-state index contributed by atoms with van der Waals surface area (Å²) in [5.74, 6) is -6.10. The second kappa shape index (κ2) is 8.82. The Morgan fingerprint density at radius 1 is 0.974 bits per heavy atom. The molecule has 0 saturated carbocycles. The number of hydrogen-bond acceptors (Lipinski definition) is 5. The summed E-state index contributed by atoms with van der Waals surface area (Å²) in [6.45, 7) is 1.17. The molecule has 10 heteroatoms. The number of nitrogens with one attached hydrogen (secondary N) is 1. The lowest BCUT2D eigenvalue weighted by Crippen LogP contribution is -2.40.